The third kappa shape index (κ3) is 1.53. The number of H-pyrrole nitrogens is 1. The highest BCUT2D eigenvalue weighted by molar-refractivity contribution is 5.81. The fourth-order valence-corrected chi connectivity index (χ4v) is 2.37. The zero-order chi connectivity index (χ0) is 10.1. The second kappa shape index (κ2) is 3.66. The molecule has 3 nitrogen and oxygen atoms in total. The largest absolute Gasteiger partial charge is 0.361 e. The molecule has 78 valence electrons. The average molecular weight is 201 g/mol. The highest BCUT2D eigenvalue weighted by Crippen LogP contribution is 2.26. The fourth-order valence-electron chi connectivity index (χ4n) is 2.37. The Morgan fingerprint density at radius 1 is 1.27 bits per heavy atom. The predicted molar refractivity (Wildman–Crippen MR) is 60.7 cm³/mol. The maximum Gasteiger partial charge on any atom is 0.0666 e. The topological polar surface area (TPSA) is 40.7 Å². The molecule has 3 heterocycles. The Kier molecular flexibility index (Phi) is 2.18. The van der Waals surface area contributed by atoms with Gasteiger partial charge in [0.25, 0.3) is 0 Å². The summed E-state index contributed by atoms with van der Waals surface area (Å²) in [6.07, 6.45) is 7.68. The van der Waals surface area contributed by atoms with E-state index in [4.69, 9.17) is 0 Å². The summed E-state index contributed by atoms with van der Waals surface area (Å²) in [5.41, 5.74) is 2.39. The maximum atomic E-state index is 4.52. The van der Waals surface area contributed by atoms with Gasteiger partial charge in [0.05, 0.1) is 11.7 Å². The molecule has 2 N–H and O–H groups in total. The van der Waals surface area contributed by atoms with Crippen LogP contribution in [0.4, 0.5) is 0 Å². The molecule has 1 aliphatic rings. The van der Waals surface area contributed by atoms with Crippen molar-refractivity contribution in [2.45, 2.75) is 25.3 Å². The second-order valence-corrected chi connectivity index (χ2v) is 4.14. The van der Waals surface area contributed by atoms with Crippen molar-refractivity contribution in [1.29, 1.82) is 0 Å². The van der Waals surface area contributed by atoms with Gasteiger partial charge < -0.3 is 10.3 Å². The number of nitrogens with zero attached hydrogens (tertiary/aromatic N) is 1. The lowest BCUT2D eigenvalue weighted by Crippen LogP contribution is -2.27. The molecule has 0 aromatic carbocycles. The predicted octanol–water partition coefficient (Wildman–Crippen LogP) is 2.38. The van der Waals surface area contributed by atoms with E-state index in [2.05, 4.69) is 21.4 Å². The summed E-state index contributed by atoms with van der Waals surface area (Å²) in [4.78, 5) is 7.75. The van der Waals surface area contributed by atoms with Gasteiger partial charge in [-0.1, -0.05) is 6.42 Å². The van der Waals surface area contributed by atoms with Gasteiger partial charge in [-0.3, -0.25) is 4.98 Å². The molecule has 2 aromatic rings. The smallest absolute Gasteiger partial charge is 0.0666 e. The number of hydrogen-bond donors (Lipinski definition) is 2. The van der Waals surface area contributed by atoms with E-state index in [-0.39, 0.29) is 0 Å². The van der Waals surface area contributed by atoms with Gasteiger partial charge in [0, 0.05) is 23.3 Å². The molecule has 1 atom stereocenters. The van der Waals surface area contributed by atoms with Crippen molar-refractivity contribution in [2.24, 2.45) is 0 Å². The standard InChI is InChI=1S/C12H15N3/c1-2-6-13-11(3-1)12-9-4-7-14-10(9)5-8-15-12/h4-5,7-8,11,13-14H,1-3,6H2. The summed E-state index contributed by atoms with van der Waals surface area (Å²) >= 11 is 0. The Morgan fingerprint density at radius 2 is 2.27 bits per heavy atom. The quantitative estimate of drug-likeness (QED) is 0.743. The van der Waals surface area contributed by atoms with Gasteiger partial charge in [0.2, 0.25) is 0 Å². The van der Waals surface area contributed by atoms with E-state index >= 15 is 0 Å². The van der Waals surface area contributed by atoms with Crippen LogP contribution in [-0.4, -0.2) is 16.5 Å². The SMILES string of the molecule is c1cc2[nH]ccc2c(C2CCCCN2)n1. The van der Waals surface area contributed by atoms with Crippen LogP contribution in [0.2, 0.25) is 0 Å². The minimum Gasteiger partial charge on any atom is -0.361 e. The Bertz CT molecular complexity index is 455. The highest BCUT2D eigenvalue weighted by atomic mass is 14.9. The minimum absolute atomic E-state index is 0.443. The molecule has 1 saturated heterocycles. The van der Waals surface area contributed by atoms with Crippen molar-refractivity contribution in [1.82, 2.24) is 15.3 Å². The lowest BCUT2D eigenvalue weighted by molar-refractivity contribution is 0.408. The van der Waals surface area contributed by atoms with E-state index in [1.165, 1.54) is 35.9 Å². The second-order valence-electron chi connectivity index (χ2n) is 4.14. The van der Waals surface area contributed by atoms with Crippen LogP contribution in [0.1, 0.15) is 31.0 Å². The average Bonchev–Trinajstić information content (AvgIpc) is 2.78. The maximum absolute atomic E-state index is 4.52. The van der Waals surface area contributed by atoms with Gasteiger partial charge in [-0.15, -0.1) is 0 Å². The molecule has 1 unspecified atom stereocenters. The van der Waals surface area contributed by atoms with E-state index in [1.807, 2.05) is 18.5 Å². The third-order valence-corrected chi connectivity index (χ3v) is 3.15. The molecule has 0 aliphatic carbocycles. The monoisotopic (exact) mass is 201 g/mol. The summed E-state index contributed by atoms with van der Waals surface area (Å²) in [6.45, 7) is 1.12. The summed E-state index contributed by atoms with van der Waals surface area (Å²) in [7, 11) is 0. The van der Waals surface area contributed by atoms with Crippen molar-refractivity contribution in [3.05, 3.63) is 30.2 Å². The molecule has 0 spiro atoms. The molecule has 0 saturated carbocycles. The minimum atomic E-state index is 0.443. The van der Waals surface area contributed by atoms with Crippen LogP contribution in [0.15, 0.2) is 24.5 Å². The number of pyridine rings is 1. The van der Waals surface area contributed by atoms with Crippen molar-refractivity contribution in [3.8, 4) is 0 Å². The van der Waals surface area contributed by atoms with E-state index in [1.54, 1.807) is 0 Å². The number of rotatable bonds is 1. The number of aromatic amines is 1. The lowest BCUT2D eigenvalue weighted by Gasteiger charge is -2.23. The number of fused-ring (bicyclic) bond motifs is 1. The number of hydrogen-bond acceptors (Lipinski definition) is 2. The molecule has 1 fully saturated rings. The first-order chi connectivity index (χ1) is 7.45. The van der Waals surface area contributed by atoms with Gasteiger partial charge in [-0.05, 0) is 31.5 Å². The molecule has 0 bridgehead atoms. The summed E-state index contributed by atoms with van der Waals surface area (Å²) in [6, 6.07) is 4.59. The summed E-state index contributed by atoms with van der Waals surface area (Å²) in [5, 5.41) is 4.80. The Hall–Kier alpha value is -1.35. The normalized spacial score (nSPS) is 22.0. The van der Waals surface area contributed by atoms with Crippen molar-refractivity contribution in [2.75, 3.05) is 6.54 Å². The lowest BCUT2D eigenvalue weighted by atomic mass is 9.99. The summed E-state index contributed by atoms with van der Waals surface area (Å²) < 4.78 is 0. The van der Waals surface area contributed by atoms with E-state index < -0.39 is 0 Å². The molecule has 3 heteroatoms. The van der Waals surface area contributed by atoms with Gasteiger partial charge in [-0.25, -0.2) is 0 Å². The van der Waals surface area contributed by atoms with Crippen LogP contribution in [-0.2, 0) is 0 Å². The molecular weight excluding hydrogens is 186 g/mol. The molecule has 0 radical (unpaired) electrons. The van der Waals surface area contributed by atoms with Crippen LogP contribution in [0.25, 0.3) is 10.9 Å². The van der Waals surface area contributed by atoms with Crippen molar-refractivity contribution < 1.29 is 0 Å². The van der Waals surface area contributed by atoms with Crippen LogP contribution in [0, 0.1) is 0 Å². The Morgan fingerprint density at radius 3 is 3.13 bits per heavy atom. The van der Waals surface area contributed by atoms with E-state index in [0.29, 0.717) is 6.04 Å². The first-order valence-electron chi connectivity index (χ1n) is 5.60. The summed E-state index contributed by atoms with van der Waals surface area (Å²) in [5.74, 6) is 0. The number of piperidine rings is 1. The fraction of sp³-hybridized carbons (Fsp3) is 0.417. The van der Waals surface area contributed by atoms with Gasteiger partial charge in [-0.2, -0.15) is 0 Å². The van der Waals surface area contributed by atoms with E-state index in [9.17, 15) is 0 Å². The molecule has 3 rings (SSSR count). The molecule has 0 amide bonds. The molecular formula is C12H15N3. The van der Waals surface area contributed by atoms with Crippen LogP contribution >= 0.6 is 0 Å². The van der Waals surface area contributed by atoms with Gasteiger partial charge in [0.1, 0.15) is 0 Å². The number of aromatic nitrogens is 2. The zero-order valence-electron chi connectivity index (χ0n) is 8.66. The Balaban J connectivity index is 2.05. The Labute approximate surface area is 88.9 Å². The molecule has 1 aliphatic heterocycles. The van der Waals surface area contributed by atoms with Crippen molar-refractivity contribution >= 4 is 10.9 Å². The van der Waals surface area contributed by atoms with Crippen molar-refractivity contribution in [3.63, 3.8) is 0 Å². The number of nitrogens with one attached hydrogen (secondary N) is 2. The first kappa shape index (κ1) is 8.92. The van der Waals surface area contributed by atoms with Crippen LogP contribution in [0.3, 0.4) is 0 Å². The molecule has 15 heavy (non-hydrogen) atoms. The van der Waals surface area contributed by atoms with E-state index in [0.717, 1.165) is 6.54 Å². The van der Waals surface area contributed by atoms with Gasteiger partial charge >= 0.3 is 0 Å². The van der Waals surface area contributed by atoms with Gasteiger partial charge in [0.15, 0.2) is 0 Å². The van der Waals surface area contributed by atoms with Crippen LogP contribution < -0.4 is 5.32 Å². The molecule has 2 aromatic heterocycles. The highest BCUT2D eigenvalue weighted by Gasteiger charge is 2.18. The zero-order valence-corrected chi connectivity index (χ0v) is 8.66. The third-order valence-electron chi connectivity index (χ3n) is 3.15. The van der Waals surface area contributed by atoms with Crippen LogP contribution in [0.5, 0.6) is 0 Å². The first-order valence-corrected chi connectivity index (χ1v) is 5.60.